The first-order valence-corrected chi connectivity index (χ1v) is 10.8. The van der Waals surface area contributed by atoms with Crippen molar-refractivity contribution in [2.75, 3.05) is 51.0 Å². The number of carbonyl (C=O) groups is 1. The standard InChI is InChI=1S/C22H25N5O3S.ClH/c1-14(11-15-5-4-10-31-15)21(28)26-6-8-27(9-7-26)22-24-17-13-19(30-3)18(29-2)12-16(17)20(23)25-22;/h4-5,10-13H,6-9H2,1-3H3,(H2,23,24,25);1H/b14-11+;. The summed E-state index contributed by atoms with van der Waals surface area (Å²) in [6.45, 7) is 4.33. The van der Waals surface area contributed by atoms with Gasteiger partial charge >= 0.3 is 0 Å². The van der Waals surface area contributed by atoms with Gasteiger partial charge in [0, 0.05) is 48.1 Å². The Morgan fingerprint density at radius 2 is 1.81 bits per heavy atom. The van der Waals surface area contributed by atoms with Gasteiger partial charge in [0.05, 0.1) is 19.7 Å². The third-order valence-electron chi connectivity index (χ3n) is 5.31. The highest BCUT2D eigenvalue weighted by Gasteiger charge is 2.24. The summed E-state index contributed by atoms with van der Waals surface area (Å²) in [4.78, 5) is 27.0. The van der Waals surface area contributed by atoms with Crippen molar-refractivity contribution in [2.45, 2.75) is 6.92 Å². The van der Waals surface area contributed by atoms with Gasteiger partial charge in [-0.25, -0.2) is 4.98 Å². The highest BCUT2D eigenvalue weighted by Crippen LogP contribution is 2.34. The number of amides is 1. The van der Waals surface area contributed by atoms with Crippen molar-refractivity contribution in [2.24, 2.45) is 0 Å². The van der Waals surface area contributed by atoms with Gasteiger partial charge in [0.2, 0.25) is 11.9 Å². The number of anilines is 2. The maximum atomic E-state index is 12.8. The Hall–Kier alpha value is -3.04. The summed E-state index contributed by atoms with van der Waals surface area (Å²) in [6.07, 6.45) is 1.94. The van der Waals surface area contributed by atoms with Crippen LogP contribution in [0, 0.1) is 0 Å². The maximum absolute atomic E-state index is 12.8. The number of methoxy groups -OCH3 is 2. The summed E-state index contributed by atoms with van der Waals surface area (Å²) in [6, 6.07) is 7.57. The van der Waals surface area contributed by atoms with Crippen LogP contribution in [0.5, 0.6) is 11.5 Å². The second kappa shape index (κ2) is 10.1. The lowest BCUT2D eigenvalue weighted by molar-refractivity contribution is -0.127. The fourth-order valence-corrected chi connectivity index (χ4v) is 4.33. The Labute approximate surface area is 197 Å². The molecule has 1 aliphatic heterocycles. The van der Waals surface area contributed by atoms with Gasteiger partial charge in [-0.05, 0) is 30.5 Å². The van der Waals surface area contributed by atoms with Crippen molar-refractivity contribution in [3.05, 3.63) is 40.1 Å². The average Bonchev–Trinajstić information content (AvgIpc) is 3.30. The van der Waals surface area contributed by atoms with Crippen LogP contribution in [0.15, 0.2) is 35.2 Å². The third kappa shape index (κ3) is 4.73. The summed E-state index contributed by atoms with van der Waals surface area (Å²) >= 11 is 1.62. The van der Waals surface area contributed by atoms with Crippen LogP contribution in [0.1, 0.15) is 11.8 Å². The summed E-state index contributed by atoms with van der Waals surface area (Å²) < 4.78 is 10.7. The van der Waals surface area contributed by atoms with Crippen LogP contribution in [0.3, 0.4) is 0 Å². The molecule has 4 rings (SSSR count). The van der Waals surface area contributed by atoms with E-state index in [4.69, 9.17) is 15.2 Å². The minimum Gasteiger partial charge on any atom is -0.493 e. The van der Waals surface area contributed by atoms with E-state index in [-0.39, 0.29) is 18.3 Å². The average molecular weight is 476 g/mol. The van der Waals surface area contributed by atoms with Crippen molar-refractivity contribution in [1.29, 1.82) is 0 Å². The minimum atomic E-state index is 0. The second-order valence-corrected chi connectivity index (χ2v) is 8.23. The molecular formula is C22H26ClN5O3S. The number of fused-ring (bicyclic) bond motifs is 1. The second-order valence-electron chi connectivity index (χ2n) is 7.26. The third-order valence-corrected chi connectivity index (χ3v) is 6.13. The molecule has 1 amide bonds. The maximum Gasteiger partial charge on any atom is 0.249 e. The smallest absolute Gasteiger partial charge is 0.249 e. The molecule has 0 bridgehead atoms. The molecule has 3 aromatic rings. The van der Waals surface area contributed by atoms with Gasteiger partial charge in [0.25, 0.3) is 0 Å². The summed E-state index contributed by atoms with van der Waals surface area (Å²) in [5.74, 6) is 2.16. The Morgan fingerprint density at radius 3 is 2.44 bits per heavy atom. The molecule has 2 aromatic heterocycles. The number of nitrogens with two attached hydrogens (primary N) is 1. The van der Waals surface area contributed by atoms with Crippen molar-refractivity contribution in [3.63, 3.8) is 0 Å². The molecule has 0 radical (unpaired) electrons. The van der Waals surface area contributed by atoms with Gasteiger partial charge in [-0.15, -0.1) is 23.7 Å². The van der Waals surface area contributed by atoms with Crippen molar-refractivity contribution in [3.8, 4) is 11.5 Å². The number of rotatable bonds is 5. The Bertz CT molecular complexity index is 1130. The van der Waals surface area contributed by atoms with Crippen LogP contribution in [-0.4, -0.2) is 61.2 Å². The van der Waals surface area contributed by atoms with E-state index >= 15 is 0 Å². The Balaban J connectivity index is 0.00000289. The molecule has 3 heterocycles. The number of halogens is 1. The number of nitrogens with zero attached hydrogens (tertiary/aromatic N) is 4. The van der Waals surface area contributed by atoms with Crippen LogP contribution in [0.4, 0.5) is 11.8 Å². The van der Waals surface area contributed by atoms with Gasteiger partial charge in [-0.2, -0.15) is 4.98 Å². The summed E-state index contributed by atoms with van der Waals surface area (Å²) in [5, 5.41) is 2.72. The first-order valence-electron chi connectivity index (χ1n) is 9.95. The monoisotopic (exact) mass is 475 g/mol. The predicted octanol–water partition coefficient (Wildman–Crippen LogP) is 3.46. The van der Waals surface area contributed by atoms with E-state index in [0.29, 0.717) is 60.3 Å². The molecular weight excluding hydrogens is 450 g/mol. The van der Waals surface area contributed by atoms with E-state index in [9.17, 15) is 4.79 Å². The molecule has 1 aromatic carbocycles. The number of carbonyl (C=O) groups excluding carboxylic acids is 1. The van der Waals surface area contributed by atoms with E-state index < -0.39 is 0 Å². The molecule has 1 aliphatic rings. The predicted molar refractivity (Wildman–Crippen MR) is 131 cm³/mol. The highest BCUT2D eigenvalue weighted by atomic mass is 35.5. The van der Waals surface area contributed by atoms with Crippen molar-refractivity contribution >= 4 is 58.4 Å². The molecule has 170 valence electrons. The van der Waals surface area contributed by atoms with Gasteiger partial charge in [-0.3, -0.25) is 4.79 Å². The zero-order valence-electron chi connectivity index (χ0n) is 18.2. The number of benzene rings is 1. The number of hydrogen-bond acceptors (Lipinski definition) is 8. The SMILES string of the molecule is COc1cc2nc(N3CCN(C(=O)/C(C)=C/c4cccs4)CC3)nc(N)c2cc1OC.Cl. The topological polar surface area (TPSA) is 93.8 Å². The van der Waals surface area contributed by atoms with E-state index in [1.807, 2.05) is 35.4 Å². The lowest BCUT2D eigenvalue weighted by atomic mass is 10.2. The molecule has 10 heteroatoms. The van der Waals surface area contributed by atoms with Crippen LogP contribution < -0.4 is 20.1 Å². The quantitative estimate of drug-likeness (QED) is 0.564. The van der Waals surface area contributed by atoms with Gasteiger partial charge < -0.3 is 25.0 Å². The molecule has 8 nitrogen and oxygen atoms in total. The molecule has 0 atom stereocenters. The fourth-order valence-electron chi connectivity index (χ4n) is 3.62. The zero-order valence-corrected chi connectivity index (χ0v) is 19.8. The fraction of sp³-hybridized carbons (Fsp3) is 0.318. The molecule has 0 unspecified atom stereocenters. The Kier molecular flexibility index (Phi) is 7.42. The summed E-state index contributed by atoms with van der Waals surface area (Å²) in [7, 11) is 3.16. The van der Waals surface area contributed by atoms with Crippen molar-refractivity contribution in [1.82, 2.24) is 14.9 Å². The van der Waals surface area contributed by atoms with Crippen LogP contribution in [0.2, 0.25) is 0 Å². The molecule has 2 N–H and O–H groups in total. The molecule has 1 saturated heterocycles. The molecule has 0 spiro atoms. The largest absolute Gasteiger partial charge is 0.493 e. The van der Waals surface area contributed by atoms with E-state index in [0.717, 1.165) is 10.5 Å². The molecule has 0 aliphatic carbocycles. The number of nitrogen functional groups attached to an aromatic ring is 1. The van der Waals surface area contributed by atoms with Gasteiger partial charge in [-0.1, -0.05) is 6.07 Å². The summed E-state index contributed by atoms with van der Waals surface area (Å²) in [5.41, 5.74) is 7.64. The molecule has 1 fully saturated rings. The minimum absolute atomic E-state index is 0. The lowest BCUT2D eigenvalue weighted by Crippen LogP contribution is -2.49. The van der Waals surface area contributed by atoms with E-state index in [1.165, 1.54) is 0 Å². The number of hydrogen-bond donors (Lipinski definition) is 1. The Morgan fingerprint density at radius 1 is 1.12 bits per heavy atom. The van der Waals surface area contributed by atoms with Crippen LogP contribution in [-0.2, 0) is 4.79 Å². The van der Waals surface area contributed by atoms with E-state index in [1.54, 1.807) is 37.7 Å². The van der Waals surface area contributed by atoms with Crippen LogP contribution in [0.25, 0.3) is 17.0 Å². The van der Waals surface area contributed by atoms with Gasteiger partial charge in [0.15, 0.2) is 11.5 Å². The van der Waals surface area contributed by atoms with E-state index in [2.05, 4.69) is 14.9 Å². The normalized spacial score (nSPS) is 14.3. The molecule has 0 saturated carbocycles. The molecule has 32 heavy (non-hydrogen) atoms. The first-order chi connectivity index (χ1) is 15.0. The number of aromatic nitrogens is 2. The number of thiophene rings is 1. The van der Waals surface area contributed by atoms with Gasteiger partial charge in [0.1, 0.15) is 5.82 Å². The number of piperazine rings is 1. The highest BCUT2D eigenvalue weighted by molar-refractivity contribution is 7.10. The number of ether oxygens (including phenoxy) is 2. The van der Waals surface area contributed by atoms with Crippen LogP contribution >= 0.6 is 23.7 Å². The lowest BCUT2D eigenvalue weighted by Gasteiger charge is -2.35. The zero-order chi connectivity index (χ0) is 22.0. The first kappa shape index (κ1) is 23.6. The van der Waals surface area contributed by atoms with Crippen molar-refractivity contribution < 1.29 is 14.3 Å².